The monoisotopic (exact) mass is 413 g/mol. The molecule has 2 aromatic carbocycles. The number of halogens is 3. The maximum absolute atomic E-state index is 10.8. The van der Waals surface area contributed by atoms with Gasteiger partial charge in [0.25, 0.3) is 0 Å². The molecule has 1 N–H and O–H groups in total. The number of hydrogen-bond acceptors (Lipinski definition) is 4. The van der Waals surface area contributed by atoms with Gasteiger partial charge in [-0.3, -0.25) is 0 Å². The lowest BCUT2D eigenvalue weighted by Crippen LogP contribution is -2.22. The van der Waals surface area contributed by atoms with E-state index in [1.807, 2.05) is 6.07 Å². The molecule has 3 rings (SSSR count). The van der Waals surface area contributed by atoms with Crippen LogP contribution in [-0.4, -0.2) is 22.2 Å². The third kappa shape index (κ3) is 4.69. The molecule has 0 aliphatic rings. The summed E-state index contributed by atoms with van der Waals surface area (Å²) < 4.78 is 11.0. The maximum atomic E-state index is 10.8. The Labute approximate surface area is 165 Å². The van der Waals surface area contributed by atoms with Gasteiger partial charge in [0.2, 0.25) is 5.88 Å². The highest BCUT2D eigenvalue weighted by Gasteiger charge is 2.12. The van der Waals surface area contributed by atoms with Gasteiger partial charge in [0, 0.05) is 11.5 Å². The number of hydrogen-bond donors (Lipinski definition) is 1. The van der Waals surface area contributed by atoms with E-state index in [1.54, 1.807) is 42.5 Å². The van der Waals surface area contributed by atoms with Gasteiger partial charge in [0.15, 0.2) is 6.10 Å². The molecule has 0 saturated carbocycles. The van der Waals surface area contributed by atoms with Crippen molar-refractivity contribution in [2.45, 2.75) is 13.0 Å². The van der Waals surface area contributed by atoms with E-state index in [4.69, 9.17) is 37.8 Å². The van der Waals surface area contributed by atoms with Crippen LogP contribution in [0.2, 0.25) is 10.0 Å². The minimum absolute atomic E-state index is 0. The topological polar surface area (TPSA) is 68.7 Å². The van der Waals surface area contributed by atoms with Crippen LogP contribution in [0, 0.1) is 0 Å². The number of fused-ring (bicyclic) bond motifs is 1. The van der Waals surface area contributed by atoms with Gasteiger partial charge < -0.3 is 14.6 Å². The summed E-state index contributed by atoms with van der Waals surface area (Å²) in [5.74, 6) is 0.357. The predicted octanol–water partition coefficient (Wildman–Crippen LogP) is 5.61. The van der Waals surface area contributed by atoms with E-state index in [9.17, 15) is 4.79 Å². The lowest BCUT2D eigenvalue weighted by molar-refractivity contribution is -0.144. The van der Waals surface area contributed by atoms with Gasteiger partial charge in [0.05, 0.1) is 15.6 Å². The summed E-state index contributed by atoms with van der Waals surface area (Å²) in [6, 6.07) is 13.6. The van der Waals surface area contributed by atoms with E-state index >= 15 is 0 Å². The van der Waals surface area contributed by atoms with Gasteiger partial charge in [0.1, 0.15) is 11.5 Å². The number of ether oxygens (including phenoxy) is 2. The zero-order valence-electron chi connectivity index (χ0n) is 13.5. The smallest absolute Gasteiger partial charge is 0.344 e. The Balaban J connectivity index is 0.00000243. The van der Waals surface area contributed by atoms with Crippen molar-refractivity contribution < 1.29 is 19.4 Å². The molecule has 8 heteroatoms. The summed E-state index contributed by atoms with van der Waals surface area (Å²) in [6.07, 6.45) is -0.925. The Kier molecular flexibility index (Phi) is 6.53. The van der Waals surface area contributed by atoms with Crippen molar-refractivity contribution in [3.05, 3.63) is 58.6 Å². The molecule has 0 aliphatic carbocycles. The highest BCUT2D eigenvalue weighted by atomic mass is 35.5. The van der Waals surface area contributed by atoms with E-state index in [1.165, 1.54) is 6.92 Å². The van der Waals surface area contributed by atoms with Gasteiger partial charge >= 0.3 is 5.97 Å². The van der Waals surface area contributed by atoms with Gasteiger partial charge in [-0.1, -0.05) is 23.2 Å². The Morgan fingerprint density at radius 1 is 1.04 bits per heavy atom. The standard InChI is InChI=1S/C18H13Cl2NO4.ClH/c1-10(18(22)23)24-12-3-5-13(6-4-12)25-17-7-2-11-8-14(19)15(20)9-16(11)21-17;/h2-10H,1H3,(H,22,23);1H. The molecule has 0 amide bonds. The number of carbonyl (C=O) groups is 1. The molecule has 3 aromatic rings. The summed E-state index contributed by atoms with van der Waals surface area (Å²) in [6.45, 7) is 1.46. The van der Waals surface area contributed by atoms with E-state index in [0.717, 1.165) is 5.39 Å². The molecule has 26 heavy (non-hydrogen) atoms. The summed E-state index contributed by atoms with van der Waals surface area (Å²) >= 11 is 12.0. The van der Waals surface area contributed by atoms with Crippen LogP contribution in [0.3, 0.4) is 0 Å². The second-order valence-electron chi connectivity index (χ2n) is 5.28. The fraction of sp³-hybridized carbons (Fsp3) is 0.111. The molecule has 0 bridgehead atoms. The largest absolute Gasteiger partial charge is 0.479 e. The highest BCUT2D eigenvalue weighted by Crippen LogP contribution is 2.29. The van der Waals surface area contributed by atoms with E-state index in [0.29, 0.717) is 32.9 Å². The van der Waals surface area contributed by atoms with Crippen LogP contribution in [0.4, 0.5) is 0 Å². The molecule has 0 fully saturated rings. The first-order valence-corrected chi connectivity index (χ1v) is 8.11. The summed E-state index contributed by atoms with van der Waals surface area (Å²) in [4.78, 5) is 15.2. The lowest BCUT2D eigenvalue weighted by atomic mass is 10.2. The number of carboxylic acids is 1. The molecular weight excluding hydrogens is 401 g/mol. The third-order valence-corrected chi connectivity index (χ3v) is 4.13. The van der Waals surface area contributed by atoms with E-state index < -0.39 is 12.1 Å². The average Bonchev–Trinajstić information content (AvgIpc) is 2.58. The Morgan fingerprint density at radius 2 is 1.65 bits per heavy atom. The molecule has 1 aromatic heterocycles. The lowest BCUT2D eigenvalue weighted by Gasteiger charge is -2.11. The first-order chi connectivity index (χ1) is 11.9. The van der Waals surface area contributed by atoms with Crippen LogP contribution in [0.5, 0.6) is 17.4 Å². The van der Waals surface area contributed by atoms with Crippen LogP contribution in [0.15, 0.2) is 48.5 Å². The number of aliphatic carboxylic acids is 1. The van der Waals surface area contributed by atoms with Crippen LogP contribution >= 0.6 is 35.6 Å². The maximum Gasteiger partial charge on any atom is 0.344 e. The van der Waals surface area contributed by atoms with Gasteiger partial charge in [-0.2, -0.15) is 0 Å². The van der Waals surface area contributed by atoms with Crippen molar-refractivity contribution in [3.63, 3.8) is 0 Å². The van der Waals surface area contributed by atoms with Crippen molar-refractivity contribution in [1.82, 2.24) is 4.98 Å². The Morgan fingerprint density at radius 3 is 2.31 bits per heavy atom. The van der Waals surface area contributed by atoms with Crippen molar-refractivity contribution in [1.29, 1.82) is 0 Å². The van der Waals surface area contributed by atoms with Crippen molar-refractivity contribution >= 4 is 52.5 Å². The Bertz CT molecular complexity index is 932. The third-order valence-electron chi connectivity index (χ3n) is 3.41. The number of rotatable bonds is 5. The first kappa shape index (κ1) is 20.1. The fourth-order valence-electron chi connectivity index (χ4n) is 2.12. The van der Waals surface area contributed by atoms with Crippen molar-refractivity contribution in [2.24, 2.45) is 0 Å². The van der Waals surface area contributed by atoms with E-state index in [-0.39, 0.29) is 12.4 Å². The average molecular weight is 415 g/mol. The Hall–Kier alpha value is -2.21. The van der Waals surface area contributed by atoms with Crippen LogP contribution < -0.4 is 9.47 Å². The summed E-state index contributed by atoms with van der Waals surface area (Å²) in [7, 11) is 0. The van der Waals surface area contributed by atoms with Crippen molar-refractivity contribution in [2.75, 3.05) is 0 Å². The molecule has 136 valence electrons. The molecule has 5 nitrogen and oxygen atoms in total. The van der Waals surface area contributed by atoms with Crippen LogP contribution in [0.25, 0.3) is 10.9 Å². The first-order valence-electron chi connectivity index (χ1n) is 7.35. The normalized spacial score (nSPS) is 11.5. The fourth-order valence-corrected chi connectivity index (χ4v) is 2.45. The molecule has 1 heterocycles. The molecule has 1 unspecified atom stereocenters. The number of pyridine rings is 1. The number of benzene rings is 2. The zero-order chi connectivity index (χ0) is 18.0. The number of aromatic nitrogens is 1. The quantitative estimate of drug-likeness (QED) is 0.588. The second kappa shape index (κ2) is 8.45. The minimum atomic E-state index is -1.03. The zero-order valence-corrected chi connectivity index (χ0v) is 15.8. The van der Waals surface area contributed by atoms with Gasteiger partial charge in [-0.15, -0.1) is 12.4 Å². The van der Waals surface area contributed by atoms with Crippen LogP contribution in [-0.2, 0) is 4.79 Å². The molecule has 0 saturated heterocycles. The molecule has 0 spiro atoms. The van der Waals surface area contributed by atoms with Gasteiger partial charge in [-0.05, 0) is 49.4 Å². The summed E-state index contributed by atoms with van der Waals surface area (Å²) in [5, 5.41) is 10.6. The predicted molar refractivity (Wildman–Crippen MR) is 103 cm³/mol. The molecular formula is C18H14Cl3NO4. The molecule has 0 aliphatic heterocycles. The highest BCUT2D eigenvalue weighted by molar-refractivity contribution is 6.42. The minimum Gasteiger partial charge on any atom is -0.479 e. The second-order valence-corrected chi connectivity index (χ2v) is 6.09. The van der Waals surface area contributed by atoms with Crippen molar-refractivity contribution in [3.8, 4) is 17.4 Å². The van der Waals surface area contributed by atoms with E-state index in [2.05, 4.69) is 4.98 Å². The van der Waals surface area contributed by atoms with Gasteiger partial charge in [-0.25, -0.2) is 9.78 Å². The SMILES string of the molecule is CC(Oc1ccc(Oc2ccc3cc(Cl)c(Cl)cc3n2)cc1)C(=O)O.Cl. The number of nitrogens with zero attached hydrogens (tertiary/aromatic N) is 1. The molecule has 0 radical (unpaired) electrons. The van der Waals surface area contributed by atoms with Crippen LogP contribution in [0.1, 0.15) is 6.92 Å². The summed E-state index contributed by atoms with van der Waals surface area (Å²) in [5.41, 5.74) is 0.669. The number of carboxylic acid groups (broad SMARTS) is 1. The molecule has 1 atom stereocenters.